The van der Waals surface area contributed by atoms with Crippen molar-refractivity contribution in [1.82, 2.24) is 20.0 Å². The minimum Gasteiger partial charge on any atom is -0.372 e. The Morgan fingerprint density at radius 2 is 2.33 bits per heavy atom. The summed E-state index contributed by atoms with van der Waals surface area (Å²) in [4.78, 5) is 16.8. The van der Waals surface area contributed by atoms with Gasteiger partial charge in [0.25, 0.3) is 0 Å². The molecule has 0 unspecified atom stereocenters. The molecule has 2 saturated heterocycles. The first-order chi connectivity index (χ1) is 11.5. The number of carbonyl (C=O) groups is 1. The number of nitrogens with zero attached hydrogens (tertiary/aromatic N) is 4. The van der Waals surface area contributed by atoms with Crippen LogP contribution < -0.4 is 10.2 Å². The maximum atomic E-state index is 12.6. The topological polar surface area (TPSA) is 62.6 Å². The van der Waals surface area contributed by atoms with Crippen LogP contribution in [-0.4, -0.2) is 65.1 Å². The van der Waals surface area contributed by atoms with Crippen LogP contribution in [0.4, 0.5) is 10.5 Å². The van der Waals surface area contributed by atoms with Gasteiger partial charge in [-0.2, -0.15) is 5.10 Å². The van der Waals surface area contributed by atoms with Gasteiger partial charge >= 0.3 is 6.03 Å². The normalized spacial score (nSPS) is 28.0. The Balaban J connectivity index is 1.56. The lowest BCUT2D eigenvalue weighted by Crippen LogP contribution is -2.57. The number of morpholine rings is 1. The number of carbonyl (C=O) groups excluding carboxylic acids is 1. The van der Waals surface area contributed by atoms with Gasteiger partial charge in [-0.1, -0.05) is 6.92 Å². The molecular weight excluding hydrogens is 306 g/mol. The van der Waals surface area contributed by atoms with E-state index >= 15 is 0 Å². The molecule has 0 aliphatic carbocycles. The minimum absolute atomic E-state index is 0.0380. The van der Waals surface area contributed by atoms with Crippen LogP contribution in [-0.2, 0) is 11.8 Å². The van der Waals surface area contributed by atoms with Gasteiger partial charge < -0.3 is 19.9 Å². The molecule has 24 heavy (non-hydrogen) atoms. The highest BCUT2D eigenvalue weighted by Crippen LogP contribution is 2.22. The highest BCUT2D eigenvalue weighted by Gasteiger charge is 2.33. The molecule has 2 fully saturated rings. The number of nitrogens with one attached hydrogen (secondary N) is 1. The van der Waals surface area contributed by atoms with Crippen molar-refractivity contribution in [3.8, 4) is 0 Å². The van der Waals surface area contributed by atoms with Crippen LogP contribution in [0.25, 0.3) is 0 Å². The van der Waals surface area contributed by atoms with Gasteiger partial charge in [-0.25, -0.2) is 4.79 Å². The highest BCUT2D eigenvalue weighted by atomic mass is 16.5. The monoisotopic (exact) mass is 335 g/mol. The van der Waals surface area contributed by atoms with E-state index in [0.717, 1.165) is 38.0 Å². The quantitative estimate of drug-likeness (QED) is 0.911. The van der Waals surface area contributed by atoms with Crippen molar-refractivity contribution in [3.05, 3.63) is 12.4 Å². The van der Waals surface area contributed by atoms with Gasteiger partial charge in [0.15, 0.2) is 0 Å². The summed E-state index contributed by atoms with van der Waals surface area (Å²) >= 11 is 0. The second kappa shape index (κ2) is 7.01. The van der Waals surface area contributed by atoms with Crippen molar-refractivity contribution in [2.24, 2.45) is 7.05 Å². The zero-order valence-electron chi connectivity index (χ0n) is 15.0. The number of urea groups is 1. The number of hydrogen-bond donors (Lipinski definition) is 1. The van der Waals surface area contributed by atoms with E-state index in [1.807, 2.05) is 29.0 Å². The molecule has 2 aliphatic heterocycles. The Hall–Kier alpha value is -1.76. The Labute approximate surface area is 143 Å². The van der Waals surface area contributed by atoms with Gasteiger partial charge in [0.1, 0.15) is 0 Å². The highest BCUT2D eigenvalue weighted by molar-refractivity contribution is 5.75. The molecule has 0 saturated carbocycles. The van der Waals surface area contributed by atoms with Gasteiger partial charge in [-0.3, -0.25) is 4.68 Å². The third kappa shape index (κ3) is 3.83. The summed E-state index contributed by atoms with van der Waals surface area (Å²) in [5.74, 6) is 0. The minimum atomic E-state index is -0.218. The van der Waals surface area contributed by atoms with Crippen LogP contribution >= 0.6 is 0 Å². The van der Waals surface area contributed by atoms with Gasteiger partial charge in [-0.05, 0) is 26.2 Å². The molecule has 0 spiro atoms. The standard InChI is InChI=1S/C17H29N5O2/c1-4-17(2)13-22(8-9-24-17)16(23)19-14-6-5-7-21(11-14)15-10-18-20(3)12-15/h10,12,14H,4-9,11,13H2,1-3H3,(H,19,23)/t14-,17+/m1/s1. The molecule has 3 heterocycles. The molecule has 134 valence electrons. The third-order valence-corrected chi connectivity index (χ3v) is 5.18. The van der Waals surface area contributed by atoms with Crippen molar-refractivity contribution < 1.29 is 9.53 Å². The molecule has 1 aromatic rings. The van der Waals surface area contributed by atoms with E-state index in [1.54, 1.807) is 0 Å². The summed E-state index contributed by atoms with van der Waals surface area (Å²) in [6, 6.07) is 0.221. The first kappa shape index (κ1) is 17.1. The van der Waals surface area contributed by atoms with Crippen molar-refractivity contribution in [2.45, 2.75) is 44.8 Å². The first-order valence-electron chi connectivity index (χ1n) is 8.92. The molecule has 2 atom stereocenters. The number of rotatable bonds is 3. The van der Waals surface area contributed by atoms with Crippen LogP contribution in [0.1, 0.15) is 33.1 Å². The Morgan fingerprint density at radius 1 is 1.50 bits per heavy atom. The Bertz CT molecular complexity index is 575. The molecule has 3 rings (SSSR count). The van der Waals surface area contributed by atoms with Gasteiger partial charge in [0.2, 0.25) is 0 Å². The molecule has 1 N–H and O–H groups in total. The lowest BCUT2D eigenvalue weighted by Gasteiger charge is -2.41. The number of anilines is 1. The van der Waals surface area contributed by atoms with Crippen molar-refractivity contribution in [2.75, 3.05) is 37.7 Å². The number of hydrogen-bond acceptors (Lipinski definition) is 4. The largest absolute Gasteiger partial charge is 0.372 e. The van der Waals surface area contributed by atoms with Crippen molar-refractivity contribution >= 4 is 11.7 Å². The zero-order valence-corrected chi connectivity index (χ0v) is 15.0. The summed E-state index contributed by atoms with van der Waals surface area (Å²) in [7, 11) is 1.93. The van der Waals surface area contributed by atoms with Crippen LogP contribution in [0.5, 0.6) is 0 Å². The molecule has 7 nitrogen and oxygen atoms in total. The average Bonchev–Trinajstić information content (AvgIpc) is 3.02. The van der Waals surface area contributed by atoms with E-state index in [4.69, 9.17) is 4.74 Å². The summed E-state index contributed by atoms with van der Waals surface area (Å²) < 4.78 is 7.64. The summed E-state index contributed by atoms with van der Waals surface area (Å²) in [6.45, 7) is 7.99. The molecule has 2 aliphatic rings. The molecule has 0 aromatic carbocycles. The number of amides is 2. The fourth-order valence-electron chi connectivity index (χ4n) is 3.48. The maximum absolute atomic E-state index is 12.6. The summed E-state index contributed by atoms with van der Waals surface area (Å²) in [6.07, 6.45) is 6.93. The number of aromatic nitrogens is 2. The molecular formula is C17H29N5O2. The van der Waals surface area contributed by atoms with E-state index in [1.165, 1.54) is 0 Å². The summed E-state index contributed by atoms with van der Waals surface area (Å²) in [5.41, 5.74) is 0.908. The molecule has 1 aromatic heterocycles. The lowest BCUT2D eigenvalue weighted by atomic mass is 10.0. The van der Waals surface area contributed by atoms with E-state index in [9.17, 15) is 4.79 Å². The predicted octanol–water partition coefficient (Wildman–Crippen LogP) is 1.60. The second-order valence-corrected chi connectivity index (χ2v) is 7.18. The van der Waals surface area contributed by atoms with E-state index < -0.39 is 0 Å². The number of aryl methyl sites for hydroxylation is 1. The molecule has 0 radical (unpaired) electrons. The van der Waals surface area contributed by atoms with Gasteiger partial charge in [0.05, 0.1) is 30.6 Å². The number of piperidine rings is 1. The zero-order chi connectivity index (χ0) is 17.2. The van der Waals surface area contributed by atoms with E-state index in [2.05, 4.69) is 29.2 Å². The first-order valence-corrected chi connectivity index (χ1v) is 8.92. The number of ether oxygens (including phenoxy) is 1. The smallest absolute Gasteiger partial charge is 0.317 e. The summed E-state index contributed by atoms with van der Waals surface area (Å²) in [5, 5.41) is 7.46. The van der Waals surface area contributed by atoms with Crippen LogP contribution in [0, 0.1) is 0 Å². The lowest BCUT2D eigenvalue weighted by molar-refractivity contribution is -0.0874. The van der Waals surface area contributed by atoms with Gasteiger partial charge in [-0.15, -0.1) is 0 Å². The Kier molecular flexibility index (Phi) is 4.99. The SMILES string of the molecule is CC[C@@]1(C)CN(C(=O)N[C@@H]2CCCN(c3cnn(C)c3)C2)CCO1. The maximum Gasteiger partial charge on any atom is 0.317 e. The second-order valence-electron chi connectivity index (χ2n) is 7.18. The van der Waals surface area contributed by atoms with Crippen LogP contribution in [0.2, 0.25) is 0 Å². The van der Waals surface area contributed by atoms with Crippen molar-refractivity contribution in [1.29, 1.82) is 0 Å². The van der Waals surface area contributed by atoms with E-state index in [-0.39, 0.29) is 17.7 Å². The van der Waals surface area contributed by atoms with Gasteiger partial charge in [0, 0.05) is 38.9 Å². The average molecular weight is 335 g/mol. The van der Waals surface area contributed by atoms with Crippen LogP contribution in [0.3, 0.4) is 0 Å². The van der Waals surface area contributed by atoms with E-state index in [0.29, 0.717) is 19.7 Å². The molecule has 7 heteroatoms. The van der Waals surface area contributed by atoms with Crippen LogP contribution in [0.15, 0.2) is 12.4 Å². The third-order valence-electron chi connectivity index (χ3n) is 5.18. The molecule has 0 bridgehead atoms. The predicted molar refractivity (Wildman–Crippen MR) is 93.2 cm³/mol. The fourth-order valence-corrected chi connectivity index (χ4v) is 3.48. The fraction of sp³-hybridized carbons (Fsp3) is 0.765. The Morgan fingerprint density at radius 3 is 3.04 bits per heavy atom. The van der Waals surface area contributed by atoms with Crippen molar-refractivity contribution in [3.63, 3.8) is 0 Å². The molecule has 2 amide bonds.